The molecule has 4 nitrogen and oxygen atoms in total. The van der Waals surface area contributed by atoms with Gasteiger partial charge in [-0.2, -0.15) is 0 Å². The zero-order valence-corrected chi connectivity index (χ0v) is 17.0. The summed E-state index contributed by atoms with van der Waals surface area (Å²) in [5, 5.41) is 12.4. The highest BCUT2D eigenvalue weighted by molar-refractivity contribution is 5.78. The van der Waals surface area contributed by atoms with Gasteiger partial charge in [-0.1, -0.05) is 54.6 Å². The van der Waals surface area contributed by atoms with Gasteiger partial charge in [0, 0.05) is 12.1 Å². The Morgan fingerprint density at radius 1 is 0.897 bits per heavy atom. The largest absolute Gasteiger partial charge is 0.508 e. The lowest BCUT2D eigenvalue weighted by molar-refractivity contribution is -0.120. The van der Waals surface area contributed by atoms with Crippen LogP contribution in [0.3, 0.4) is 0 Å². The van der Waals surface area contributed by atoms with E-state index in [1.165, 1.54) is 0 Å². The van der Waals surface area contributed by atoms with Crippen LogP contribution in [0.2, 0.25) is 0 Å². The summed E-state index contributed by atoms with van der Waals surface area (Å²) in [4.78, 5) is 12.4. The normalized spacial score (nSPS) is 11.3. The summed E-state index contributed by atoms with van der Waals surface area (Å²) < 4.78 is 0. The van der Waals surface area contributed by atoms with Crippen LogP contribution in [0.4, 0.5) is 0 Å². The van der Waals surface area contributed by atoms with E-state index in [-0.39, 0.29) is 17.2 Å². The molecule has 3 aromatic rings. The maximum absolute atomic E-state index is 12.4. The molecule has 0 heterocycles. The Morgan fingerprint density at radius 3 is 2.28 bits per heavy atom. The molecule has 0 aliphatic heterocycles. The van der Waals surface area contributed by atoms with Gasteiger partial charge in [-0.05, 0) is 66.3 Å². The van der Waals surface area contributed by atoms with Gasteiger partial charge in [0.25, 0.3) is 0 Å². The zero-order chi connectivity index (χ0) is 20.9. The number of aromatic hydroxyl groups is 1. The Hall–Kier alpha value is -3.11. The topological polar surface area (TPSA) is 75.4 Å². The third kappa shape index (κ3) is 6.47. The third-order valence-electron chi connectivity index (χ3n) is 4.63. The number of hydrogen-bond donors (Lipinski definition) is 3. The predicted octanol–water partition coefficient (Wildman–Crippen LogP) is 4.20. The van der Waals surface area contributed by atoms with Gasteiger partial charge in [0.15, 0.2) is 0 Å². The number of carbonyl (C=O) groups excluding carboxylic acids is 1. The summed E-state index contributed by atoms with van der Waals surface area (Å²) in [5.74, 6) is 0.237. The quantitative estimate of drug-likeness (QED) is 0.568. The van der Waals surface area contributed by atoms with Crippen molar-refractivity contribution in [3.63, 3.8) is 0 Å². The average Bonchev–Trinajstić information content (AvgIpc) is 2.66. The molecule has 1 amide bonds. The standard InChI is InChI=1S/C25H28N2O2/c1-25(2,26)16-19-6-3-5-18(13-19)15-24(29)27-17-20-7-4-8-22(14-20)21-9-11-23(28)12-10-21/h3-14,28H,15-17,26H2,1-2H3,(H,27,29). The number of benzene rings is 3. The fourth-order valence-corrected chi connectivity index (χ4v) is 3.34. The lowest BCUT2D eigenvalue weighted by Gasteiger charge is -2.18. The van der Waals surface area contributed by atoms with Crippen LogP contribution < -0.4 is 11.1 Å². The van der Waals surface area contributed by atoms with Gasteiger partial charge >= 0.3 is 0 Å². The van der Waals surface area contributed by atoms with E-state index in [9.17, 15) is 9.90 Å². The van der Waals surface area contributed by atoms with Crippen molar-refractivity contribution in [1.29, 1.82) is 0 Å². The lowest BCUT2D eigenvalue weighted by Crippen LogP contribution is -2.34. The smallest absolute Gasteiger partial charge is 0.224 e. The van der Waals surface area contributed by atoms with Crippen LogP contribution in [-0.4, -0.2) is 16.6 Å². The van der Waals surface area contributed by atoms with E-state index >= 15 is 0 Å². The fourth-order valence-electron chi connectivity index (χ4n) is 3.34. The Morgan fingerprint density at radius 2 is 1.55 bits per heavy atom. The zero-order valence-electron chi connectivity index (χ0n) is 17.0. The maximum Gasteiger partial charge on any atom is 0.224 e. The molecule has 0 radical (unpaired) electrons. The molecular formula is C25H28N2O2. The molecule has 0 bridgehead atoms. The van der Waals surface area contributed by atoms with Crippen LogP contribution in [0, 0.1) is 0 Å². The van der Waals surface area contributed by atoms with Crippen LogP contribution >= 0.6 is 0 Å². The molecule has 0 atom stereocenters. The van der Waals surface area contributed by atoms with E-state index in [4.69, 9.17) is 5.73 Å². The second-order valence-electron chi connectivity index (χ2n) is 8.19. The molecule has 0 saturated heterocycles. The summed E-state index contributed by atoms with van der Waals surface area (Å²) in [6.45, 7) is 4.47. The molecule has 0 fully saturated rings. The third-order valence-corrected chi connectivity index (χ3v) is 4.63. The number of amides is 1. The van der Waals surface area contributed by atoms with Gasteiger partial charge in [0.05, 0.1) is 6.42 Å². The molecule has 150 valence electrons. The van der Waals surface area contributed by atoms with Gasteiger partial charge in [-0.15, -0.1) is 0 Å². The van der Waals surface area contributed by atoms with Gasteiger partial charge in [-0.25, -0.2) is 0 Å². The Balaban J connectivity index is 1.59. The van der Waals surface area contributed by atoms with Crippen LogP contribution in [-0.2, 0) is 24.2 Å². The van der Waals surface area contributed by atoms with Crippen molar-refractivity contribution in [2.24, 2.45) is 5.73 Å². The van der Waals surface area contributed by atoms with Gasteiger partial charge in [-0.3, -0.25) is 4.79 Å². The van der Waals surface area contributed by atoms with Crippen LogP contribution in [0.1, 0.15) is 30.5 Å². The second-order valence-corrected chi connectivity index (χ2v) is 8.19. The molecule has 0 spiro atoms. The number of hydrogen-bond acceptors (Lipinski definition) is 3. The summed E-state index contributed by atoms with van der Waals surface area (Å²) in [6.07, 6.45) is 1.11. The summed E-state index contributed by atoms with van der Waals surface area (Å²) in [7, 11) is 0. The predicted molar refractivity (Wildman–Crippen MR) is 118 cm³/mol. The molecule has 29 heavy (non-hydrogen) atoms. The Labute approximate surface area is 172 Å². The number of nitrogens with one attached hydrogen (secondary N) is 1. The van der Waals surface area contributed by atoms with Crippen LogP contribution in [0.15, 0.2) is 72.8 Å². The number of nitrogens with two attached hydrogens (primary N) is 1. The van der Waals surface area contributed by atoms with Gasteiger partial charge < -0.3 is 16.2 Å². The van der Waals surface area contributed by atoms with Crippen molar-refractivity contribution in [3.8, 4) is 16.9 Å². The van der Waals surface area contributed by atoms with Crippen LogP contribution in [0.5, 0.6) is 5.75 Å². The molecule has 3 rings (SSSR count). The number of phenols is 1. The molecule has 0 saturated carbocycles. The summed E-state index contributed by atoms with van der Waals surface area (Å²) in [5.41, 5.74) is 11.1. The Kier molecular flexibility index (Phi) is 6.35. The number of rotatable bonds is 7. The maximum atomic E-state index is 12.4. The van der Waals surface area contributed by atoms with E-state index in [1.807, 2.05) is 62.4 Å². The van der Waals surface area contributed by atoms with Crippen molar-refractivity contribution >= 4 is 5.91 Å². The monoisotopic (exact) mass is 388 g/mol. The number of phenolic OH excluding ortho intramolecular Hbond substituents is 1. The van der Waals surface area contributed by atoms with E-state index in [1.54, 1.807) is 12.1 Å². The first-order chi connectivity index (χ1) is 13.8. The van der Waals surface area contributed by atoms with E-state index < -0.39 is 0 Å². The molecule has 0 aromatic heterocycles. The average molecular weight is 389 g/mol. The minimum absolute atomic E-state index is 0.0100. The fraction of sp³-hybridized carbons (Fsp3) is 0.240. The van der Waals surface area contributed by atoms with Crippen LogP contribution in [0.25, 0.3) is 11.1 Å². The summed E-state index contributed by atoms with van der Waals surface area (Å²) >= 11 is 0. The lowest BCUT2D eigenvalue weighted by atomic mass is 9.94. The van der Waals surface area contributed by atoms with Crippen molar-refractivity contribution in [2.75, 3.05) is 0 Å². The summed E-state index contributed by atoms with van der Waals surface area (Å²) in [6, 6.07) is 23.2. The first-order valence-corrected chi connectivity index (χ1v) is 9.80. The highest BCUT2D eigenvalue weighted by atomic mass is 16.3. The van der Waals surface area contributed by atoms with Gasteiger partial charge in [0.2, 0.25) is 5.91 Å². The number of carbonyl (C=O) groups is 1. The molecule has 4 N–H and O–H groups in total. The van der Waals surface area contributed by atoms with E-state index in [2.05, 4.69) is 17.4 Å². The Bertz CT molecular complexity index is 973. The molecule has 3 aromatic carbocycles. The minimum atomic E-state index is -0.274. The molecular weight excluding hydrogens is 360 g/mol. The molecule has 0 aliphatic rings. The van der Waals surface area contributed by atoms with Crippen molar-refractivity contribution in [2.45, 2.75) is 38.8 Å². The molecule has 4 heteroatoms. The SMILES string of the molecule is CC(C)(N)Cc1cccc(CC(=O)NCc2cccc(-c3ccc(O)cc3)c2)c1. The second kappa shape index (κ2) is 8.93. The van der Waals surface area contributed by atoms with Crippen molar-refractivity contribution < 1.29 is 9.90 Å². The van der Waals surface area contributed by atoms with Crippen molar-refractivity contribution in [3.05, 3.63) is 89.5 Å². The molecule has 0 unspecified atom stereocenters. The van der Waals surface area contributed by atoms with Gasteiger partial charge in [0.1, 0.15) is 5.75 Å². The minimum Gasteiger partial charge on any atom is -0.508 e. The first-order valence-electron chi connectivity index (χ1n) is 9.80. The highest BCUT2D eigenvalue weighted by Crippen LogP contribution is 2.22. The molecule has 0 aliphatic carbocycles. The highest BCUT2D eigenvalue weighted by Gasteiger charge is 2.12. The van der Waals surface area contributed by atoms with E-state index in [0.29, 0.717) is 13.0 Å². The first kappa shape index (κ1) is 20.6. The van der Waals surface area contributed by atoms with E-state index in [0.717, 1.165) is 34.2 Å². The van der Waals surface area contributed by atoms with Crippen molar-refractivity contribution in [1.82, 2.24) is 5.32 Å².